The Kier molecular flexibility index (Phi) is 11.9. The number of fused-ring (bicyclic) bond motifs is 2. The van der Waals surface area contributed by atoms with E-state index in [-0.39, 0.29) is 48.6 Å². The molecule has 0 unspecified atom stereocenters. The summed E-state index contributed by atoms with van der Waals surface area (Å²) in [5, 5.41) is 13.3. The summed E-state index contributed by atoms with van der Waals surface area (Å²) in [5.41, 5.74) is 5.39. The van der Waals surface area contributed by atoms with Gasteiger partial charge in [0.05, 0.1) is 22.5 Å². The number of carbonyl (C=O) groups excluding carboxylic acids is 2. The Hall–Kier alpha value is -4.02. The van der Waals surface area contributed by atoms with Crippen molar-refractivity contribution in [3.05, 3.63) is 105 Å². The van der Waals surface area contributed by atoms with Gasteiger partial charge in [-0.3, -0.25) is 14.4 Å². The van der Waals surface area contributed by atoms with Gasteiger partial charge in [-0.15, -0.1) is 0 Å². The molecule has 52 heavy (non-hydrogen) atoms. The predicted molar refractivity (Wildman–Crippen MR) is 203 cm³/mol. The van der Waals surface area contributed by atoms with Crippen LogP contribution in [0.1, 0.15) is 74.6 Å². The molecule has 0 radical (unpaired) electrons. The molecule has 3 aliphatic rings. The minimum absolute atomic E-state index is 0.0259. The number of aryl methyl sites for hydroxylation is 2. The minimum Gasteiger partial charge on any atom is -0.492 e. The third-order valence-corrected chi connectivity index (χ3v) is 11.4. The van der Waals surface area contributed by atoms with Gasteiger partial charge in [0.25, 0.3) is 5.91 Å². The van der Waals surface area contributed by atoms with Gasteiger partial charge in [-0.2, -0.15) is 0 Å². The molecule has 10 heteroatoms. The van der Waals surface area contributed by atoms with Crippen LogP contribution in [0.15, 0.2) is 76.8 Å². The molecule has 3 aromatic carbocycles. The van der Waals surface area contributed by atoms with Crippen LogP contribution in [0.2, 0.25) is 0 Å². The van der Waals surface area contributed by atoms with E-state index in [1.807, 2.05) is 17.0 Å². The summed E-state index contributed by atoms with van der Waals surface area (Å²) in [5.74, 6) is -0.806. The molecule has 2 atom stereocenters. The molecule has 2 bridgehead atoms. The zero-order valence-electron chi connectivity index (χ0n) is 30.3. The molecule has 8 nitrogen and oxygen atoms in total. The van der Waals surface area contributed by atoms with Crippen molar-refractivity contribution in [3.8, 4) is 5.75 Å². The van der Waals surface area contributed by atoms with Gasteiger partial charge in [0.15, 0.2) is 0 Å². The maximum atomic E-state index is 14.8. The van der Waals surface area contributed by atoms with Crippen molar-refractivity contribution in [1.82, 2.24) is 15.1 Å². The highest BCUT2D eigenvalue weighted by atomic mass is 79.9. The summed E-state index contributed by atoms with van der Waals surface area (Å²) >= 11 is 3.41. The lowest BCUT2D eigenvalue weighted by Gasteiger charge is -2.45. The number of rotatable bonds is 15. The number of amides is 2. The Morgan fingerprint density at radius 3 is 2.50 bits per heavy atom. The molecule has 1 saturated heterocycles. The van der Waals surface area contributed by atoms with E-state index in [4.69, 9.17) is 4.74 Å². The summed E-state index contributed by atoms with van der Waals surface area (Å²) in [4.78, 5) is 43.9. The Balaban J connectivity index is 1.22. The first kappa shape index (κ1) is 37.7. The Morgan fingerprint density at radius 2 is 1.79 bits per heavy atom. The van der Waals surface area contributed by atoms with Crippen LogP contribution in [0.4, 0.5) is 4.39 Å². The highest BCUT2D eigenvalue weighted by molar-refractivity contribution is 9.10. The number of hydrogen-bond donors (Lipinski definition) is 2. The van der Waals surface area contributed by atoms with E-state index in [0.717, 1.165) is 54.4 Å². The number of nitrogens with zero attached hydrogens (tertiary/aromatic N) is 2. The number of aliphatic carboxylic acids is 1. The standard InChI is InChI=1S/C42H49BrFN3O5/c1-27-7-4-5-9-29(27)19-21-47(33-15-16-33)40(49)39-34(24-32-25-46(26-36(39)45-32)38(48)18-20-42(2,3)41(50)51)30-12-10-28(11-13-30)8-6-22-52-37-23-31(44)14-17-35(37)43/h4-5,7,9-14,17,23,32-33,36,45H,6,8,15-16,18-22,24-26H2,1-3H3,(H,50,51)/t32-,36-/m1/s1. The maximum Gasteiger partial charge on any atom is 0.309 e. The first-order valence-electron chi connectivity index (χ1n) is 18.4. The Morgan fingerprint density at radius 1 is 1.04 bits per heavy atom. The first-order valence-corrected chi connectivity index (χ1v) is 19.2. The minimum atomic E-state index is -0.993. The summed E-state index contributed by atoms with van der Waals surface area (Å²) in [7, 11) is 0. The fourth-order valence-corrected chi connectivity index (χ4v) is 7.66. The van der Waals surface area contributed by atoms with Crippen molar-refractivity contribution in [1.29, 1.82) is 0 Å². The van der Waals surface area contributed by atoms with Gasteiger partial charge < -0.3 is 25.0 Å². The molecule has 1 saturated carbocycles. The average molecular weight is 775 g/mol. The molecule has 2 fully saturated rings. The van der Waals surface area contributed by atoms with Crippen molar-refractivity contribution in [3.63, 3.8) is 0 Å². The smallest absolute Gasteiger partial charge is 0.309 e. The topological polar surface area (TPSA) is 99.2 Å². The number of piperazine rings is 1. The normalized spacial score (nSPS) is 18.7. The van der Waals surface area contributed by atoms with E-state index in [2.05, 4.69) is 69.5 Å². The van der Waals surface area contributed by atoms with Crippen molar-refractivity contribution >= 4 is 39.3 Å². The molecule has 2 N–H and O–H groups in total. The zero-order valence-corrected chi connectivity index (χ0v) is 31.9. The second-order valence-electron chi connectivity index (χ2n) is 15.1. The van der Waals surface area contributed by atoms with Crippen LogP contribution >= 0.6 is 15.9 Å². The molecular formula is C42H49BrFN3O5. The number of carbonyl (C=O) groups is 3. The predicted octanol–water partition coefficient (Wildman–Crippen LogP) is 7.36. The van der Waals surface area contributed by atoms with Crippen LogP contribution in [0.5, 0.6) is 5.75 Å². The number of carboxylic acids is 1. The summed E-state index contributed by atoms with van der Waals surface area (Å²) in [6.07, 6.45) is 5.30. The van der Waals surface area contributed by atoms with Crippen LogP contribution in [0, 0.1) is 18.2 Å². The quantitative estimate of drug-likeness (QED) is 0.157. The number of ether oxygens (including phenoxy) is 1. The summed E-state index contributed by atoms with van der Waals surface area (Å²) in [6, 6.07) is 21.0. The van der Waals surface area contributed by atoms with Gasteiger partial charge in [-0.25, -0.2) is 4.39 Å². The van der Waals surface area contributed by atoms with E-state index in [1.54, 1.807) is 19.9 Å². The fourth-order valence-electron chi connectivity index (χ4n) is 7.30. The highest BCUT2D eigenvalue weighted by Crippen LogP contribution is 2.37. The molecule has 1 aliphatic carbocycles. The molecule has 3 aromatic rings. The Labute approximate surface area is 314 Å². The highest BCUT2D eigenvalue weighted by Gasteiger charge is 2.43. The fraction of sp³-hybridized carbons (Fsp3) is 0.452. The van der Waals surface area contributed by atoms with Gasteiger partial charge in [-0.05, 0) is 122 Å². The van der Waals surface area contributed by atoms with Crippen molar-refractivity contribution in [2.75, 3.05) is 26.2 Å². The lowest BCUT2D eigenvalue weighted by molar-refractivity contribution is -0.148. The van der Waals surface area contributed by atoms with E-state index < -0.39 is 11.4 Å². The van der Waals surface area contributed by atoms with Crippen LogP contribution < -0.4 is 10.1 Å². The van der Waals surface area contributed by atoms with Crippen molar-refractivity contribution in [2.45, 2.75) is 90.3 Å². The van der Waals surface area contributed by atoms with Crippen LogP contribution in [-0.2, 0) is 27.2 Å². The van der Waals surface area contributed by atoms with Gasteiger partial charge in [0.1, 0.15) is 11.6 Å². The van der Waals surface area contributed by atoms with Crippen molar-refractivity contribution in [2.24, 2.45) is 5.41 Å². The molecule has 2 aliphatic heterocycles. The average Bonchev–Trinajstić information content (AvgIpc) is 3.96. The molecular weight excluding hydrogens is 725 g/mol. The lowest BCUT2D eigenvalue weighted by Crippen LogP contribution is -2.62. The van der Waals surface area contributed by atoms with Gasteiger partial charge in [0, 0.05) is 49.8 Å². The molecule has 6 rings (SSSR count). The van der Waals surface area contributed by atoms with E-state index >= 15 is 0 Å². The number of hydrogen-bond acceptors (Lipinski definition) is 5. The third kappa shape index (κ3) is 9.12. The number of halogens is 2. The summed E-state index contributed by atoms with van der Waals surface area (Å²) < 4.78 is 20.2. The lowest BCUT2D eigenvalue weighted by atomic mass is 9.82. The van der Waals surface area contributed by atoms with Crippen molar-refractivity contribution < 1.29 is 28.6 Å². The number of benzene rings is 3. The molecule has 0 spiro atoms. The Bertz CT molecular complexity index is 1820. The number of nitrogens with one attached hydrogen (secondary N) is 1. The molecule has 2 heterocycles. The van der Waals surface area contributed by atoms with Crippen LogP contribution in [0.3, 0.4) is 0 Å². The van der Waals surface area contributed by atoms with E-state index in [9.17, 15) is 23.9 Å². The molecule has 276 valence electrons. The van der Waals surface area contributed by atoms with Crippen LogP contribution in [0.25, 0.3) is 5.57 Å². The second-order valence-corrected chi connectivity index (χ2v) is 16.0. The van der Waals surface area contributed by atoms with Gasteiger partial charge in [0.2, 0.25) is 5.91 Å². The summed E-state index contributed by atoms with van der Waals surface area (Å²) in [6.45, 7) is 7.35. The first-order chi connectivity index (χ1) is 24.9. The second kappa shape index (κ2) is 16.3. The zero-order chi connectivity index (χ0) is 37.0. The van der Waals surface area contributed by atoms with Gasteiger partial charge in [-0.1, -0.05) is 48.5 Å². The monoisotopic (exact) mass is 773 g/mol. The van der Waals surface area contributed by atoms with E-state index in [1.165, 1.54) is 23.3 Å². The largest absolute Gasteiger partial charge is 0.492 e. The third-order valence-electron chi connectivity index (χ3n) is 10.7. The molecule has 2 amide bonds. The van der Waals surface area contributed by atoms with Gasteiger partial charge >= 0.3 is 5.97 Å². The van der Waals surface area contributed by atoms with E-state index in [0.29, 0.717) is 42.9 Å². The molecule has 0 aromatic heterocycles. The van der Waals surface area contributed by atoms with Crippen LogP contribution in [-0.4, -0.2) is 77.1 Å². The maximum absolute atomic E-state index is 14.8. The number of carboxylic acid groups (broad SMARTS) is 1. The SMILES string of the molecule is Cc1ccccc1CCN(C(=O)C1=C(c2ccc(CCCOc3cc(F)ccc3Br)cc2)C[C@@H]2CN(C(=O)CCC(C)(C)C(=O)O)C[C@H]1N2)C1CC1.